The normalized spacial score (nSPS) is 13.9. The van der Waals surface area contributed by atoms with E-state index in [2.05, 4.69) is 101 Å². The van der Waals surface area contributed by atoms with Gasteiger partial charge in [-0.25, -0.2) is 0 Å². The lowest BCUT2D eigenvalue weighted by molar-refractivity contribution is -0.143. The molecule has 9 heteroatoms. The van der Waals surface area contributed by atoms with Gasteiger partial charge in [0.05, 0.1) is 6.42 Å². The Morgan fingerprint density at radius 1 is 0.698 bits per heavy atom. The largest absolute Gasteiger partial charge is 0.518 e. The second-order valence-electron chi connectivity index (χ2n) is 14.8. The fraction of sp³-hybridized carbons (Fsp3) is 0.765. The van der Waals surface area contributed by atoms with E-state index in [1.807, 2.05) is 30.3 Å². The van der Waals surface area contributed by atoms with Crippen LogP contribution in [0.3, 0.4) is 0 Å². The van der Waals surface area contributed by atoms with E-state index in [0.29, 0.717) is 6.54 Å². The number of hydrogen-bond donors (Lipinski definition) is 0. The van der Waals surface area contributed by atoms with E-state index in [-0.39, 0.29) is 51.6 Å². The van der Waals surface area contributed by atoms with Crippen LogP contribution in [-0.2, 0) is 22.9 Å². The molecule has 0 aliphatic carbocycles. The Labute approximate surface area is 268 Å². The molecule has 6 nitrogen and oxygen atoms in total. The summed E-state index contributed by atoms with van der Waals surface area (Å²) in [6.45, 7) is 31.2. The van der Waals surface area contributed by atoms with Crippen molar-refractivity contribution in [1.82, 2.24) is 0 Å². The molecule has 248 valence electrons. The topological polar surface area (TPSA) is 65.1 Å². The molecule has 0 bridgehead atoms. The summed E-state index contributed by atoms with van der Waals surface area (Å²) in [4.78, 5) is 30.7. The van der Waals surface area contributed by atoms with Crippen LogP contribution in [0.1, 0.15) is 95.9 Å². The molecule has 0 amide bonds. The van der Waals surface area contributed by atoms with Crippen molar-refractivity contribution in [2.75, 3.05) is 18.6 Å². The number of benzene rings is 1. The van der Waals surface area contributed by atoms with Crippen molar-refractivity contribution in [3.63, 3.8) is 0 Å². The summed E-state index contributed by atoms with van der Waals surface area (Å²) in [5.41, 5.74) is 2.42. The summed E-state index contributed by atoms with van der Waals surface area (Å²) >= 11 is 0. The Morgan fingerprint density at radius 2 is 1.12 bits per heavy atom. The molecular weight excluding hydrogens is 587 g/mol. The first kappa shape index (κ1) is 39.6. The van der Waals surface area contributed by atoms with Gasteiger partial charge in [-0.3, -0.25) is 9.59 Å². The molecule has 1 rings (SSSR count). The average Bonchev–Trinajstić information content (AvgIpc) is 2.90. The van der Waals surface area contributed by atoms with Crippen LogP contribution in [0.4, 0.5) is 5.69 Å². The van der Waals surface area contributed by atoms with Gasteiger partial charge in [-0.15, -0.1) is 0 Å². The third-order valence-corrected chi connectivity index (χ3v) is 24.4. The monoisotopic (exact) mass is 651 g/mol. The lowest BCUT2D eigenvalue weighted by Gasteiger charge is -2.44. The quantitative estimate of drug-likeness (QED) is 0.147. The fourth-order valence-corrected chi connectivity index (χ4v) is 19.1. The Morgan fingerprint density at radius 3 is 1.51 bits per heavy atom. The molecule has 0 aliphatic heterocycles. The smallest absolute Gasteiger partial charge is 0.316 e. The van der Waals surface area contributed by atoms with Gasteiger partial charge in [0.1, 0.15) is 6.04 Å². The van der Waals surface area contributed by atoms with Crippen molar-refractivity contribution in [3.05, 3.63) is 30.3 Å². The summed E-state index contributed by atoms with van der Waals surface area (Å²) < 4.78 is 19.2. The number of hydrogen-bond acceptors (Lipinski definition) is 6. The van der Waals surface area contributed by atoms with Gasteiger partial charge in [-0.1, -0.05) is 101 Å². The van der Waals surface area contributed by atoms with E-state index < -0.39 is 31.0 Å². The minimum Gasteiger partial charge on any atom is -0.518 e. The van der Waals surface area contributed by atoms with Crippen molar-refractivity contribution < 1.29 is 22.9 Å². The van der Waals surface area contributed by atoms with E-state index in [1.54, 1.807) is 7.11 Å². The minimum absolute atomic E-state index is 0.0293. The van der Waals surface area contributed by atoms with Crippen LogP contribution >= 0.6 is 0 Å². The number of nitrogens with zero attached hydrogens (tertiary/aromatic N) is 1. The number of carbonyl (C=O) groups is 2. The van der Waals surface area contributed by atoms with Crippen LogP contribution in [0.15, 0.2) is 30.3 Å². The van der Waals surface area contributed by atoms with Crippen LogP contribution in [0.5, 0.6) is 0 Å². The van der Waals surface area contributed by atoms with E-state index in [0.717, 1.165) is 18.2 Å². The Bertz CT molecular complexity index is 951. The van der Waals surface area contributed by atoms with E-state index >= 15 is 0 Å². The molecule has 0 radical (unpaired) electrons. The highest BCUT2D eigenvalue weighted by molar-refractivity contribution is 6.79. The molecule has 0 spiro atoms. The van der Waals surface area contributed by atoms with Crippen molar-refractivity contribution in [1.29, 1.82) is 0 Å². The third kappa shape index (κ3) is 9.78. The first-order valence-corrected chi connectivity index (χ1v) is 24.0. The van der Waals surface area contributed by atoms with E-state index in [1.165, 1.54) is 0 Å². The SMILES string of the molecule is CO[Si](C)(C)CCCN(c1ccccc1)C(CC(=O)O[Si](C(C)C)(C(C)C)C(C)C)C(=O)O[Si](C(C)C)(C(C)C)C(C)C. The Kier molecular flexibility index (Phi) is 15.4. The summed E-state index contributed by atoms with van der Waals surface area (Å²) in [5, 5.41) is 0. The predicted octanol–water partition coefficient (Wildman–Crippen LogP) is 9.93. The zero-order valence-electron chi connectivity index (χ0n) is 30.2. The molecule has 0 heterocycles. The molecular formula is C34H65NO5Si3. The summed E-state index contributed by atoms with van der Waals surface area (Å²) in [5.74, 6) is -0.583. The zero-order chi connectivity index (χ0) is 33.3. The van der Waals surface area contributed by atoms with Crippen LogP contribution in [0, 0.1) is 0 Å². The molecule has 0 saturated heterocycles. The second-order valence-corrected chi connectivity index (χ2v) is 30.0. The molecule has 1 unspecified atom stereocenters. The van der Waals surface area contributed by atoms with E-state index in [4.69, 9.17) is 13.3 Å². The fourth-order valence-electron chi connectivity index (χ4n) is 7.53. The molecule has 0 fully saturated rings. The van der Waals surface area contributed by atoms with Crippen molar-refractivity contribution >= 4 is 42.6 Å². The third-order valence-electron chi connectivity index (χ3n) is 9.81. The van der Waals surface area contributed by atoms with Crippen LogP contribution < -0.4 is 4.90 Å². The molecule has 1 aromatic rings. The Hall–Kier alpha value is -1.43. The van der Waals surface area contributed by atoms with E-state index in [9.17, 15) is 9.59 Å². The molecule has 0 saturated carbocycles. The molecule has 1 atom stereocenters. The minimum atomic E-state index is -2.55. The number of para-hydroxylation sites is 1. The molecule has 0 aromatic heterocycles. The molecule has 0 N–H and O–H groups in total. The standard InChI is InChI=1S/C34H65NO5Si3/c1-25(2)42(26(3)4,27(5)6)39-33(36)24-32(34(37)40-43(28(7)8,29(9)10)30(11)12)35(31-20-17-16-18-21-31)22-19-23-41(14,15)38-13/h16-18,20-21,25-30,32H,19,22-24H2,1-15H3. The summed E-state index contributed by atoms with van der Waals surface area (Å²) in [6, 6.07) is 10.2. The maximum Gasteiger partial charge on any atom is 0.316 e. The number of carbonyl (C=O) groups excluding carboxylic acids is 2. The lowest BCUT2D eigenvalue weighted by Crippen LogP contribution is -2.55. The van der Waals surface area contributed by atoms with Crippen molar-refractivity contribution in [3.8, 4) is 0 Å². The van der Waals surface area contributed by atoms with Crippen LogP contribution in [-0.4, -0.2) is 56.6 Å². The lowest BCUT2D eigenvalue weighted by atomic mass is 10.1. The zero-order valence-corrected chi connectivity index (χ0v) is 33.2. The van der Waals surface area contributed by atoms with Gasteiger partial charge in [0.25, 0.3) is 22.6 Å². The first-order valence-electron chi connectivity index (χ1n) is 16.6. The first-order chi connectivity index (χ1) is 19.8. The maximum atomic E-state index is 14.6. The van der Waals surface area contributed by atoms with Gasteiger partial charge in [0, 0.05) is 19.3 Å². The van der Waals surface area contributed by atoms with Gasteiger partial charge in [0.2, 0.25) is 0 Å². The highest BCUT2D eigenvalue weighted by atomic mass is 28.4. The van der Waals surface area contributed by atoms with Gasteiger partial charge in [-0.2, -0.15) is 0 Å². The molecule has 1 aromatic carbocycles. The van der Waals surface area contributed by atoms with Gasteiger partial charge in [-0.05, 0) is 70.9 Å². The molecule has 43 heavy (non-hydrogen) atoms. The number of rotatable bonds is 18. The van der Waals surface area contributed by atoms with Gasteiger partial charge >= 0.3 is 5.97 Å². The van der Waals surface area contributed by atoms with Gasteiger partial charge < -0.3 is 18.2 Å². The highest BCUT2D eigenvalue weighted by Gasteiger charge is 2.51. The molecule has 0 aliphatic rings. The van der Waals surface area contributed by atoms with Crippen LogP contribution in [0.2, 0.25) is 52.4 Å². The summed E-state index contributed by atoms with van der Waals surface area (Å²) in [7, 11) is -5.06. The van der Waals surface area contributed by atoms with Crippen LogP contribution in [0.25, 0.3) is 0 Å². The summed E-state index contributed by atoms with van der Waals surface area (Å²) in [6.07, 6.45) is 0.822. The average molecular weight is 652 g/mol. The highest BCUT2D eigenvalue weighted by Crippen LogP contribution is 2.44. The number of anilines is 1. The van der Waals surface area contributed by atoms with Gasteiger partial charge in [0.15, 0.2) is 8.32 Å². The second kappa shape index (κ2) is 16.8. The van der Waals surface area contributed by atoms with Crippen molar-refractivity contribution in [2.45, 2.75) is 154 Å². The Balaban J connectivity index is 3.70. The van der Waals surface area contributed by atoms with Crippen molar-refractivity contribution in [2.24, 2.45) is 0 Å². The predicted molar refractivity (Wildman–Crippen MR) is 190 cm³/mol. The maximum absolute atomic E-state index is 14.6.